The van der Waals surface area contributed by atoms with Crippen molar-refractivity contribution < 1.29 is 19.8 Å². The van der Waals surface area contributed by atoms with Gasteiger partial charge in [-0.05, 0) is 40.6 Å². The molecule has 1 unspecified atom stereocenters. The predicted octanol–water partition coefficient (Wildman–Crippen LogP) is 1.47. The number of primary amides is 1. The molecule has 5 N–H and O–H groups in total. The maximum atomic E-state index is 11.7. The van der Waals surface area contributed by atoms with Gasteiger partial charge in [0.15, 0.2) is 0 Å². The van der Waals surface area contributed by atoms with Gasteiger partial charge in [-0.1, -0.05) is 24.3 Å². The number of carbonyl (C=O) groups is 2. The largest absolute Gasteiger partial charge is 0.394 e. The van der Waals surface area contributed by atoms with Crippen LogP contribution in [0.25, 0.3) is 16.2 Å². The first-order valence-electron chi connectivity index (χ1n) is 8.96. The quantitative estimate of drug-likeness (QED) is 0.418. The Morgan fingerprint density at radius 2 is 2.00 bits per heavy atom. The number of thiophene rings is 1. The Morgan fingerprint density at radius 3 is 2.69 bits per heavy atom. The molecule has 0 spiro atoms. The molecule has 2 aromatic heterocycles. The monoisotopic (exact) mass is 411 g/mol. The molecule has 0 bridgehead atoms. The van der Waals surface area contributed by atoms with Gasteiger partial charge in [0, 0.05) is 25.0 Å². The highest BCUT2D eigenvalue weighted by Gasteiger charge is 2.10. The van der Waals surface area contributed by atoms with Gasteiger partial charge < -0.3 is 21.3 Å². The van der Waals surface area contributed by atoms with Crippen molar-refractivity contribution in [3.63, 3.8) is 0 Å². The summed E-state index contributed by atoms with van der Waals surface area (Å²) in [7, 11) is 0. The number of nitrogens with zero attached hydrogens (tertiary/aromatic N) is 1. The highest BCUT2D eigenvalue weighted by atomic mass is 32.1. The first-order valence-corrected chi connectivity index (χ1v) is 9.78. The van der Waals surface area contributed by atoms with Crippen LogP contribution >= 0.6 is 11.3 Å². The second kappa shape index (κ2) is 9.42. The topological polar surface area (TPSA) is 126 Å². The SMILES string of the molecule is NC(=O)c1cc2c(Cc3ccc(/C=C/C(=O)NCC(O)CO)cc3)cncc2s1. The molecule has 1 atom stereocenters. The molecule has 8 heteroatoms. The van der Waals surface area contributed by atoms with Crippen molar-refractivity contribution in [3.05, 3.63) is 70.4 Å². The van der Waals surface area contributed by atoms with E-state index in [1.807, 2.05) is 30.3 Å². The third kappa shape index (κ3) is 5.47. The molecule has 0 saturated carbocycles. The maximum absolute atomic E-state index is 11.7. The number of nitrogens with two attached hydrogens (primary N) is 1. The number of aliphatic hydroxyl groups is 2. The minimum absolute atomic E-state index is 0.00174. The number of amides is 2. The summed E-state index contributed by atoms with van der Waals surface area (Å²) in [4.78, 5) is 27.9. The average molecular weight is 411 g/mol. The fourth-order valence-electron chi connectivity index (χ4n) is 2.76. The number of benzene rings is 1. The molecule has 2 heterocycles. The van der Waals surface area contributed by atoms with Gasteiger partial charge in [-0.3, -0.25) is 14.6 Å². The van der Waals surface area contributed by atoms with Crippen molar-refractivity contribution in [3.8, 4) is 0 Å². The molecule has 29 heavy (non-hydrogen) atoms. The lowest BCUT2D eigenvalue weighted by atomic mass is 10.0. The Labute approximate surface area is 171 Å². The van der Waals surface area contributed by atoms with Gasteiger partial charge in [-0.15, -0.1) is 11.3 Å². The van der Waals surface area contributed by atoms with Crippen LogP contribution in [0.15, 0.2) is 48.8 Å². The zero-order chi connectivity index (χ0) is 20.8. The molecular formula is C21H21N3O4S. The molecule has 1 aromatic carbocycles. The van der Waals surface area contributed by atoms with Gasteiger partial charge in [-0.25, -0.2) is 0 Å². The number of aliphatic hydroxyl groups excluding tert-OH is 2. The molecule has 7 nitrogen and oxygen atoms in total. The Hall–Kier alpha value is -3.07. The number of carbonyl (C=O) groups excluding carboxylic acids is 2. The number of rotatable bonds is 8. The third-order valence-electron chi connectivity index (χ3n) is 4.30. The van der Waals surface area contributed by atoms with Gasteiger partial charge in [0.25, 0.3) is 5.91 Å². The number of fused-ring (bicyclic) bond motifs is 1. The summed E-state index contributed by atoms with van der Waals surface area (Å²) in [6, 6.07) is 9.54. The summed E-state index contributed by atoms with van der Waals surface area (Å²) in [5.41, 5.74) is 8.31. The van der Waals surface area contributed by atoms with Gasteiger partial charge in [0.1, 0.15) is 0 Å². The van der Waals surface area contributed by atoms with E-state index in [9.17, 15) is 14.7 Å². The summed E-state index contributed by atoms with van der Waals surface area (Å²) in [5, 5.41) is 21.4. The lowest BCUT2D eigenvalue weighted by Gasteiger charge is -2.06. The lowest BCUT2D eigenvalue weighted by Crippen LogP contribution is -2.32. The van der Waals surface area contributed by atoms with E-state index in [0.29, 0.717) is 11.3 Å². The van der Waals surface area contributed by atoms with Crippen molar-refractivity contribution in [1.29, 1.82) is 0 Å². The number of hydrogen-bond acceptors (Lipinski definition) is 6. The molecule has 0 aliphatic heterocycles. The van der Waals surface area contributed by atoms with E-state index < -0.39 is 18.6 Å². The second-order valence-corrected chi connectivity index (χ2v) is 7.60. The van der Waals surface area contributed by atoms with Gasteiger partial charge in [-0.2, -0.15) is 0 Å². The molecule has 0 fully saturated rings. The molecule has 3 rings (SSSR count). The number of hydrogen-bond donors (Lipinski definition) is 4. The van der Waals surface area contributed by atoms with Crippen LogP contribution in [0, 0.1) is 0 Å². The van der Waals surface area contributed by atoms with E-state index in [2.05, 4.69) is 10.3 Å². The zero-order valence-electron chi connectivity index (χ0n) is 15.5. The first-order chi connectivity index (χ1) is 14.0. The Balaban J connectivity index is 1.67. The van der Waals surface area contributed by atoms with Crippen LogP contribution in [-0.4, -0.2) is 46.3 Å². The van der Waals surface area contributed by atoms with Gasteiger partial charge in [0.2, 0.25) is 5.91 Å². The summed E-state index contributed by atoms with van der Waals surface area (Å²) in [6.07, 6.45) is 6.26. The van der Waals surface area contributed by atoms with Crippen LogP contribution in [0.5, 0.6) is 0 Å². The smallest absolute Gasteiger partial charge is 0.258 e. The zero-order valence-corrected chi connectivity index (χ0v) is 16.4. The van der Waals surface area contributed by atoms with Crippen molar-refractivity contribution in [2.45, 2.75) is 12.5 Å². The fourth-order valence-corrected chi connectivity index (χ4v) is 3.69. The van der Waals surface area contributed by atoms with E-state index >= 15 is 0 Å². The van der Waals surface area contributed by atoms with Gasteiger partial charge >= 0.3 is 0 Å². The number of aromatic nitrogens is 1. The van der Waals surface area contributed by atoms with Gasteiger partial charge in [0.05, 0.1) is 22.3 Å². The molecule has 150 valence electrons. The molecular weight excluding hydrogens is 390 g/mol. The van der Waals surface area contributed by atoms with E-state index in [1.165, 1.54) is 17.4 Å². The molecule has 0 radical (unpaired) electrons. The minimum Gasteiger partial charge on any atom is -0.394 e. The molecule has 3 aromatic rings. The van der Waals surface area contributed by atoms with E-state index in [0.717, 1.165) is 26.8 Å². The first kappa shape index (κ1) is 20.7. The van der Waals surface area contributed by atoms with E-state index in [-0.39, 0.29) is 12.5 Å². The predicted molar refractivity (Wildman–Crippen MR) is 113 cm³/mol. The summed E-state index contributed by atoms with van der Waals surface area (Å²) < 4.78 is 0.924. The summed E-state index contributed by atoms with van der Waals surface area (Å²) in [5.74, 6) is -0.787. The fraction of sp³-hybridized carbons (Fsp3) is 0.190. The van der Waals surface area contributed by atoms with Crippen molar-refractivity contribution in [2.24, 2.45) is 5.73 Å². The highest BCUT2D eigenvalue weighted by Crippen LogP contribution is 2.28. The normalized spacial score (nSPS) is 12.3. The average Bonchev–Trinajstić information content (AvgIpc) is 3.17. The lowest BCUT2D eigenvalue weighted by molar-refractivity contribution is -0.117. The summed E-state index contributed by atoms with van der Waals surface area (Å²) in [6.45, 7) is -0.401. The second-order valence-electron chi connectivity index (χ2n) is 6.52. The maximum Gasteiger partial charge on any atom is 0.258 e. The molecule has 0 saturated heterocycles. The van der Waals surface area contributed by atoms with Crippen LogP contribution in [0.1, 0.15) is 26.4 Å². The number of pyridine rings is 1. The van der Waals surface area contributed by atoms with Crippen LogP contribution in [0.4, 0.5) is 0 Å². The van der Waals surface area contributed by atoms with Crippen molar-refractivity contribution >= 4 is 39.3 Å². The molecule has 0 aliphatic carbocycles. The van der Waals surface area contributed by atoms with Crippen LogP contribution in [-0.2, 0) is 11.2 Å². The minimum atomic E-state index is -0.965. The van der Waals surface area contributed by atoms with Crippen LogP contribution in [0.3, 0.4) is 0 Å². The third-order valence-corrected chi connectivity index (χ3v) is 5.38. The number of nitrogens with one attached hydrogen (secondary N) is 1. The Bertz CT molecular complexity index is 1040. The van der Waals surface area contributed by atoms with Crippen LogP contribution < -0.4 is 11.1 Å². The Morgan fingerprint density at radius 1 is 1.24 bits per heavy atom. The highest BCUT2D eigenvalue weighted by molar-refractivity contribution is 7.20. The van der Waals surface area contributed by atoms with E-state index in [1.54, 1.807) is 18.5 Å². The van der Waals surface area contributed by atoms with Crippen LogP contribution in [0.2, 0.25) is 0 Å². The molecule has 2 amide bonds. The summed E-state index contributed by atoms with van der Waals surface area (Å²) >= 11 is 1.34. The van der Waals surface area contributed by atoms with Crippen molar-refractivity contribution in [1.82, 2.24) is 10.3 Å². The molecule has 0 aliphatic rings. The van der Waals surface area contributed by atoms with E-state index in [4.69, 9.17) is 10.8 Å². The van der Waals surface area contributed by atoms with Crippen molar-refractivity contribution in [2.75, 3.05) is 13.2 Å². The Kier molecular flexibility index (Phi) is 6.71. The standard InChI is InChI=1S/C21H21N3O4S/c22-21(28)18-8-17-15(9-23-11-19(17)29-18)7-14-3-1-13(2-4-14)5-6-20(27)24-10-16(26)12-25/h1-6,8-9,11,16,25-26H,7,10,12H2,(H2,22,28)(H,24,27)/b6-5+.